The molecule has 2 N–H and O–H groups in total. The molecule has 0 bridgehead atoms. The fourth-order valence-electron chi connectivity index (χ4n) is 5.64. The van der Waals surface area contributed by atoms with E-state index in [1.807, 2.05) is 41.3 Å². The molecule has 3 amide bonds. The summed E-state index contributed by atoms with van der Waals surface area (Å²) in [5.74, 6) is 0.757. The summed E-state index contributed by atoms with van der Waals surface area (Å²) in [4.78, 5) is 43.2. The molecular weight excluding hydrogens is 504 g/mol. The third-order valence-corrected chi connectivity index (χ3v) is 8.11. The summed E-state index contributed by atoms with van der Waals surface area (Å²) >= 11 is 0. The summed E-state index contributed by atoms with van der Waals surface area (Å²) < 4.78 is 0. The predicted molar refractivity (Wildman–Crippen MR) is 157 cm³/mol. The highest BCUT2D eigenvalue weighted by Crippen LogP contribution is 2.55. The third-order valence-electron chi connectivity index (χ3n) is 8.11. The van der Waals surface area contributed by atoms with E-state index >= 15 is 0 Å². The van der Waals surface area contributed by atoms with Crippen LogP contribution in [0.5, 0.6) is 0 Å². The van der Waals surface area contributed by atoms with Gasteiger partial charge in [0.25, 0.3) is 0 Å². The molecule has 1 saturated carbocycles. The first kappa shape index (κ1) is 25.8. The number of aromatic nitrogens is 2. The maximum Gasteiger partial charge on any atom is 0.326 e. The lowest BCUT2D eigenvalue weighted by Crippen LogP contribution is -2.50. The number of fused-ring (bicyclic) bond motifs is 1. The van der Waals surface area contributed by atoms with Crippen molar-refractivity contribution in [3.05, 3.63) is 78.5 Å². The molecule has 3 aromatic rings. The number of carbonyl (C=O) groups excluding carboxylic acids is 2. The molecule has 6 rings (SSSR count). The molecule has 1 aliphatic carbocycles. The minimum absolute atomic E-state index is 0.129. The fraction of sp³-hybridized carbons (Fsp3) is 0.333. The topological polar surface area (TPSA) is 96.9 Å². The molecule has 2 aromatic carbocycles. The number of urea groups is 1. The second kappa shape index (κ2) is 10.3. The normalized spacial score (nSPS) is 18.2. The lowest BCUT2D eigenvalue weighted by atomic mass is 9.99. The van der Waals surface area contributed by atoms with Gasteiger partial charge in [-0.1, -0.05) is 24.8 Å². The second-order valence-electron chi connectivity index (χ2n) is 10.7. The maximum atomic E-state index is 13.7. The van der Waals surface area contributed by atoms with Crippen molar-refractivity contribution in [1.82, 2.24) is 19.8 Å². The zero-order chi connectivity index (χ0) is 27.9. The van der Waals surface area contributed by atoms with Crippen LogP contribution in [0, 0.1) is 0 Å². The monoisotopic (exact) mass is 538 g/mol. The largest absolute Gasteiger partial charge is 0.369 e. The van der Waals surface area contributed by atoms with E-state index in [2.05, 4.69) is 51.2 Å². The van der Waals surface area contributed by atoms with Gasteiger partial charge in [-0.15, -0.1) is 0 Å². The van der Waals surface area contributed by atoms with Crippen LogP contribution in [0.2, 0.25) is 0 Å². The van der Waals surface area contributed by atoms with Crippen molar-refractivity contribution >= 4 is 40.8 Å². The summed E-state index contributed by atoms with van der Waals surface area (Å²) in [6.07, 6.45) is 4.67. The maximum absolute atomic E-state index is 13.7. The Kier molecular flexibility index (Phi) is 6.63. The molecule has 0 radical (unpaired) electrons. The Morgan fingerprint density at radius 3 is 2.45 bits per heavy atom. The first-order valence-electron chi connectivity index (χ1n) is 13.6. The van der Waals surface area contributed by atoms with Crippen LogP contribution in [-0.4, -0.2) is 72.0 Å². The van der Waals surface area contributed by atoms with E-state index in [1.165, 1.54) is 11.8 Å². The van der Waals surface area contributed by atoms with Gasteiger partial charge in [0.05, 0.1) is 12.1 Å². The van der Waals surface area contributed by atoms with Crippen molar-refractivity contribution in [3.8, 4) is 0 Å². The number of para-hydroxylation sites is 1. The summed E-state index contributed by atoms with van der Waals surface area (Å²) in [5.41, 5.74) is 4.10. The van der Waals surface area contributed by atoms with Crippen molar-refractivity contribution in [2.75, 3.05) is 60.7 Å². The number of anilines is 5. The standard InChI is InChI=1S/C30H34N8O2/c1-4-26(39)33-25-8-6-5-7-24(25)30(13-14-30)38-20-21-19-31-28(34-27(21)36(3)29(38)40)32-22-9-11-23(12-10-22)37-17-15-35(2)16-18-37/h4-12,19H,1,13-18,20H2,2-3H3,(H,33,39)(H,31,32,34). The molecule has 10 heteroatoms. The summed E-state index contributed by atoms with van der Waals surface area (Å²) in [6.45, 7) is 8.11. The minimum atomic E-state index is -0.490. The Morgan fingerprint density at radius 2 is 1.75 bits per heavy atom. The van der Waals surface area contributed by atoms with Crippen molar-refractivity contribution in [3.63, 3.8) is 0 Å². The molecule has 40 heavy (non-hydrogen) atoms. The number of nitrogens with one attached hydrogen (secondary N) is 2. The van der Waals surface area contributed by atoms with E-state index < -0.39 is 5.54 Å². The van der Waals surface area contributed by atoms with Gasteiger partial charge in [-0.2, -0.15) is 4.98 Å². The van der Waals surface area contributed by atoms with Crippen LogP contribution in [0.3, 0.4) is 0 Å². The lowest BCUT2D eigenvalue weighted by molar-refractivity contribution is -0.111. The first-order chi connectivity index (χ1) is 19.4. The number of benzene rings is 2. The van der Waals surface area contributed by atoms with Crippen LogP contribution in [0.1, 0.15) is 24.0 Å². The smallest absolute Gasteiger partial charge is 0.326 e. The fourth-order valence-corrected chi connectivity index (χ4v) is 5.64. The second-order valence-corrected chi connectivity index (χ2v) is 10.7. The third kappa shape index (κ3) is 4.75. The van der Waals surface area contributed by atoms with E-state index in [0.29, 0.717) is 24.0 Å². The average Bonchev–Trinajstić information content (AvgIpc) is 3.78. The molecule has 0 atom stereocenters. The highest BCUT2D eigenvalue weighted by molar-refractivity contribution is 6.00. The van der Waals surface area contributed by atoms with Crippen LogP contribution >= 0.6 is 0 Å². The number of hydrogen-bond acceptors (Lipinski definition) is 7. The van der Waals surface area contributed by atoms with Gasteiger partial charge in [-0.25, -0.2) is 9.78 Å². The summed E-state index contributed by atoms with van der Waals surface area (Å²) in [6, 6.07) is 15.8. The first-order valence-corrected chi connectivity index (χ1v) is 13.6. The van der Waals surface area contributed by atoms with Gasteiger partial charge in [0.15, 0.2) is 0 Å². The highest BCUT2D eigenvalue weighted by atomic mass is 16.2. The van der Waals surface area contributed by atoms with Crippen LogP contribution in [-0.2, 0) is 16.9 Å². The van der Waals surface area contributed by atoms with E-state index in [0.717, 1.165) is 55.8 Å². The van der Waals surface area contributed by atoms with E-state index in [-0.39, 0.29) is 11.9 Å². The Morgan fingerprint density at radius 1 is 1.02 bits per heavy atom. The molecule has 0 spiro atoms. The quantitative estimate of drug-likeness (QED) is 0.436. The van der Waals surface area contributed by atoms with Crippen molar-refractivity contribution in [2.24, 2.45) is 0 Å². The van der Waals surface area contributed by atoms with Crippen LogP contribution in [0.25, 0.3) is 0 Å². The predicted octanol–water partition coefficient (Wildman–Crippen LogP) is 4.16. The number of amides is 3. The van der Waals surface area contributed by atoms with Crippen LogP contribution < -0.4 is 20.4 Å². The molecule has 1 aromatic heterocycles. The van der Waals surface area contributed by atoms with Gasteiger partial charge in [-0.3, -0.25) is 9.69 Å². The van der Waals surface area contributed by atoms with Crippen molar-refractivity contribution < 1.29 is 9.59 Å². The van der Waals surface area contributed by atoms with Gasteiger partial charge in [-0.05, 0) is 56.3 Å². The molecule has 0 unspecified atom stereocenters. The summed E-state index contributed by atoms with van der Waals surface area (Å²) in [7, 11) is 3.90. The Bertz CT molecular complexity index is 1440. The van der Waals surface area contributed by atoms with Gasteiger partial charge in [0.1, 0.15) is 5.82 Å². The molecule has 206 valence electrons. The molecular formula is C30H34N8O2. The van der Waals surface area contributed by atoms with Gasteiger partial charge >= 0.3 is 6.03 Å². The van der Waals surface area contributed by atoms with Crippen molar-refractivity contribution in [1.29, 1.82) is 0 Å². The number of piperazine rings is 1. The molecule has 3 heterocycles. The highest BCUT2D eigenvalue weighted by Gasteiger charge is 2.54. The SMILES string of the molecule is C=CC(=O)Nc1ccccc1C1(N2Cc3cnc(Nc4ccc(N5CCN(C)CC5)cc4)nc3N(C)C2=O)CC1. The average molecular weight is 539 g/mol. The molecule has 1 saturated heterocycles. The zero-order valence-corrected chi connectivity index (χ0v) is 22.9. The Hall–Kier alpha value is -4.44. The molecule has 10 nitrogen and oxygen atoms in total. The van der Waals surface area contributed by atoms with Gasteiger partial charge < -0.3 is 25.3 Å². The molecule has 3 aliphatic rings. The number of likely N-dealkylation sites (N-methyl/N-ethyl adjacent to an activating group) is 1. The van der Waals surface area contributed by atoms with Crippen molar-refractivity contribution in [2.45, 2.75) is 24.9 Å². The molecule has 2 aliphatic heterocycles. The minimum Gasteiger partial charge on any atom is -0.369 e. The number of nitrogens with zero attached hydrogens (tertiary/aromatic N) is 6. The van der Waals surface area contributed by atoms with Crippen LogP contribution in [0.4, 0.5) is 33.6 Å². The number of rotatable bonds is 7. The van der Waals surface area contributed by atoms with E-state index in [4.69, 9.17) is 4.98 Å². The van der Waals surface area contributed by atoms with Gasteiger partial charge in [0.2, 0.25) is 11.9 Å². The number of carbonyl (C=O) groups is 2. The summed E-state index contributed by atoms with van der Waals surface area (Å²) in [5, 5.41) is 6.19. The number of hydrogen-bond donors (Lipinski definition) is 2. The van der Waals surface area contributed by atoms with E-state index in [9.17, 15) is 9.59 Å². The van der Waals surface area contributed by atoms with Gasteiger partial charge in [0, 0.05) is 67.6 Å². The lowest BCUT2D eigenvalue weighted by Gasteiger charge is -2.40. The van der Waals surface area contributed by atoms with E-state index in [1.54, 1.807) is 18.1 Å². The Balaban J connectivity index is 1.20. The van der Waals surface area contributed by atoms with Crippen LogP contribution in [0.15, 0.2) is 67.4 Å². The zero-order valence-electron chi connectivity index (χ0n) is 22.9. The molecule has 2 fully saturated rings. The Labute approximate surface area is 234 Å².